The zero-order valence-corrected chi connectivity index (χ0v) is 19.0. The number of hydrogen-bond donors (Lipinski definition) is 3. The molecule has 2 aliphatic carbocycles. The summed E-state index contributed by atoms with van der Waals surface area (Å²) in [6.45, 7) is 2.90. The molecule has 3 aromatic rings. The molecule has 6 rings (SSSR count). The minimum Gasteiger partial charge on any atom is -0.381 e. The lowest BCUT2D eigenvalue weighted by molar-refractivity contribution is -0.0589. The van der Waals surface area contributed by atoms with Crippen molar-refractivity contribution >= 4 is 22.4 Å². The van der Waals surface area contributed by atoms with Gasteiger partial charge in [-0.2, -0.15) is 10.3 Å². The quantitative estimate of drug-likeness (QED) is 0.540. The summed E-state index contributed by atoms with van der Waals surface area (Å²) in [5.74, 6) is 1.14. The third-order valence-electron chi connectivity index (χ3n) is 7.54. The van der Waals surface area contributed by atoms with Crippen LogP contribution in [0.3, 0.4) is 0 Å². The Morgan fingerprint density at radius 1 is 1.15 bits per heavy atom. The standard InChI is InChI=1S/C23H31N9O/c1-2-32-22-18(14-25-32)20(26-16-6-4-3-5-7-16)17(13-24-22)19-12-23(33-29-19)10-8-15(9-11-23)21-27-30-31-28-21/h12-16,29H,2-11H2,1H3,(H,24,26)(H,27,28,30,31). The number of aromatic nitrogens is 7. The third-order valence-corrected chi connectivity index (χ3v) is 7.54. The Morgan fingerprint density at radius 2 is 2.00 bits per heavy atom. The van der Waals surface area contributed by atoms with E-state index in [0.717, 1.165) is 66.0 Å². The summed E-state index contributed by atoms with van der Waals surface area (Å²) in [6.07, 6.45) is 16.2. The number of aryl methyl sites for hydroxylation is 1. The summed E-state index contributed by atoms with van der Waals surface area (Å²) in [7, 11) is 0. The van der Waals surface area contributed by atoms with Gasteiger partial charge >= 0.3 is 0 Å². The predicted molar refractivity (Wildman–Crippen MR) is 124 cm³/mol. The van der Waals surface area contributed by atoms with Crippen LogP contribution < -0.4 is 10.8 Å². The van der Waals surface area contributed by atoms with Gasteiger partial charge in [0.2, 0.25) is 0 Å². The molecule has 10 nitrogen and oxygen atoms in total. The highest BCUT2D eigenvalue weighted by Crippen LogP contribution is 2.44. The fraction of sp³-hybridized carbons (Fsp3) is 0.609. The Balaban J connectivity index is 1.31. The van der Waals surface area contributed by atoms with Gasteiger partial charge in [-0.05, 0) is 51.5 Å². The van der Waals surface area contributed by atoms with E-state index in [2.05, 4.69) is 49.5 Å². The van der Waals surface area contributed by atoms with Crippen molar-refractivity contribution in [1.29, 1.82) is 0 Å². The average molecular weight is 450 g/mol. The minimum absolute atomic E-state index is 0.305. The Hall–Kier alpha value is -3.01. The first-order valence-corrected chi connectivity index (χ1v) is 12.3. The minimum atomic E-state index is -0.305. The maximum atomic E-state index is 6.21. The Kier molecular flexibility index (Phi) is 5.24. The van der Waals surface area contributed by atoms with E-state index in [1.54, 1.807) is 0 Å². The van der Waals surface area contributed by atoms with Crippen molar-refractivity contribution in [3.63, 3.8) is 0 Å². The van der Waals surface area contributed by atoms with Crippen molar-refractivity contribution in [2.24, 2.45) is 0 Å². The number of tetrazole rings is 1. The van der Waals surface area contributed by atoms with E-state index < -0.39 is 0 Å². The topological polar surface area (TPSA) is 118 Å². The van der Waals surface area contributed by atoms with Crippen molar-refractivity contribution in [3.05, 3.63) is 29.9 Å². The molecule has 1 aliphatic heterocycles. The lowest BCUT2D eigenvalue weighted by Gasteiger charge is -2.32. The highest BCUT2D eigenvalue weighted by molar-refractivity contribution is 5.95. The summed E-state index contributed by atoms with van der Waals surface area (Å²) in [6, 6.07) is 0.482. The normalized spacial score (nSPS) is 26.0. The van der Waals surface area contributed by atoms with Gasteiger partial charge in [-0.3, -0.25) is 10.3 Å². The molecule has 3 N–H and O–H groups in total. The van der Waals surface area contributed by atoms with Crippen LogP contribution in [0.2, 0.25) is 0 Å². The second-order valence-corrected chi connectivity index (χ2v) is 9.59. The lowest BCUT2D eigenvalue weighted by atomic mass is 9.78. The maximum Gasteiger partial charge on any atom is 0.177 e. The molecule has 4 heterocycles. The number of nitrogens with zero attached hydrogens (tertiary/aromatic N) is 6. The molecule has 174 valence electrons. The molecule has 0 atom stereocenters. The fourth-order valence-corrected chi connectivity index (χ4v) is 5.63. The van der Waals surface area contributed by atoms with E-state index in [1.807, 2.05) is 17.1 Å². The number of H-pyrrole nitrogens is 1. The summed E-state index contributed by atoms with van der Waals surface area (Å²) in [5.41, 5.74) is 7.03. The number of hydroxylamine groups is 1. The summed E-state index contributed by atoms with van der Waals surface area (Å²) in [5, 5.41) is 24.2. The van der Waals surface area contributed by atoms with E-state index in [4.69, 9.17) is 9.82 Å². The van der Waals surface area contributed by atoms with Crippen molar-refractivity contribution in [3.8, 4) is 0 Å². The van der Waals surface area contributed by atoms with Crippen molar-refractivity contribution in [2.45, 2.75) is 88.8 Å². The molecule has 3 aromatic heterocycles. The summed E-state index contributed by atoms with van der Waals surface area (Å²) < 4.78 is 1.96. The van der Waals surface area contributed by atoms with Crippen LogP contribution in [0.15, 0.2) is 18.5 Å². The first kappa shape index (κ1) is 20.6. The zero-order chi connectivity index (χ0) is 22.3. The molecule has 0 radical (unpaired) electrons. The van der Waals surface area contributed by atoms with Gasteiger partial charge in [0.15, 0.2) is 11.5 Å². The Morgan fingerprint density at radius 3 is 2.76 bits per heavy atom. The molecule has 0 bridgehead atoms. The second-order valence-electron chi connectivity index (χ2n) is 9.59. The molecular weight excluding hydrogens is 418 g/mol. The van der Waals surface area contributed by atoms with Crippen LogP contribution in [0.25, 0.3) is 16.7 Å². The lowest BCUT2D eigenvalue weighted by Crippen LogP contribution is -2.34. The largest absolute Gasteiger partial charge is 0.381 e. The average Bonchev–Trinajstić information content (AvgIpc) is 3.61. The van der Waals surface area contributed by atoms with Crippen molar-refractivity contribution in [1.82, 2.24) is 40.9 Å². The van der Waals surface area contributed by atoms with Crippen LogP contribution in [0.5, 0.6) is 0 Å². The van der Waals surface area contributed by atoms with Gasteiger partial charge in [-0.15, -0.1) is 10.2 Å². The monoisotopic (exact) mass is 449 g/mol. The highest BCUT2D eigenvalue weighted by Gasteiger charge is 2.41. The molecule has 1 spiro atoms. The van der Waals surface area contributed by atoms with E-state index >= 15 is 0 Å². The van der Waals surface area contributed by atoms with Gasteiger partial charge in [0.1, 0.15) is 5.60 Å². The van der Waals surface area contributed by atoms with Crippen LogP contribution in [0.1, 0.15) is 82.0 Å². The first-order chi connectivity index (χ1) is 16.2. The third kappa shape index (κ3) is 3.76. The van der Waals surface area contributed by atoms with Crippen molar-refractivity contribution < 1.29 is 4.84 Å². The molecule has 0 saturated heterocycles. The van der Waals surface area contributed by atoms with Gasteiger partial charge < -0.3 is 5.32 Å². The molecule has 0 unspecified atom stereocenters. The highest BCUT2D eigenvalue weighted by atomic mass is 16.7. The molecule has 0 aromatic carbocycles. The van der Waals surface area contributed by atoms with Crippen molar-refractivity contribution in [2.75, 3.05) is 5.32 Å². The van der Waals surface area contributed by atoms with E-state index in [9.17, 15) is 0 Å². The van der Waals surface area contributed by atoms with Gasteiger partial charge in [-0.25, -0.2) is 9.67 Å². The fourth-order valence-electron chi connectivity index (χ4n) is 5.63. The molecular formula is C23H31N9O. The van der Waals surface area contributed by atoms with Crippen LogP contribution in [0.4, 0.5) is 5.69 Å². The summed E-state index contributed by atoms with van der Waals surface area (Å²) >= 11 is 0. The molecule has 0 amide bonds. The van der Waals surface area contributed by atoms with Crippen LogP contribution in [-0.4, -0.2) is 47.0 Å². The number of aromatic amines is 1. The van der Waals surface area contributed by atoms with E-state index in [-0.39, 0.29) is 5.60 Å². The Bertz CT molecular complexity index is 1140. The van der Waals surface area contributed by atoms with Gasteiger partial charge in [-0.1, -0.05) is 24.5 Å². The molecule has 2 fully saturated rings. The molecule has 3 aliphatic rings. The number of hydrogen-bond acceptors (Lipinski definition) is 8. The molecule has 33 heavy (non-hydrogen) atoms. The van der Waals surface area contributed by atoms with Gasteiger partial charge in [0.25, 0.3) is 0 Å². The number of rotatable bonds is 5. The van der Waals surface area contributed by atoms with Crippen LogP contribution in [-0.2, 0) is 11.4 Å². The van der Waals surface area contributed by atoms with Crippen LogP contribution >= 0.6 is 0 Å². The maximum absolute atomic E-state index is 6.21. The van der Waals surface area contributed by atoms with E-state index in [0.29, 0.717) is 12.0 Å². The number of anilines is 1. The SMILES string of the molecule is CCn1ncc2c(NC3CCCCC3)c(C3=CC4(CCC(c5nn[nH]n5)CC4)ON3)cnc21. The predicted octanol–water partition coefficient (Wildman–Crippen LogP) is 3.68. The van der Waals surface area contributed by atoms with Gasteiger partial charge in [0, 0.05) is 30.3 Å². The Labute approximate surface area is 192 Å². The number of pyridine rings is 1. The molecule has 2 saturated carbocycles. The smallest absolute Gasteiger partial charge is 0.177 e. The van der Waals surface area contributed by atoms with Crippen LogP contribution in [0, 0.1) is 0 Å². The number of fused-ring (bicyclic) bond motifs is 1. The zero-order valence-electron chi connectivity index (χ0n) is 19.0. The van der Waals surface area contributed by atoms with Gasteiger partial charge in [0.05, 0.1) is 23.0 Å². The first-order valence-electron chi connectivity index (χ1n) is 12.3. The van der Waals surface area contributed by atoms with E-state index in [1.165, 1.54) is 32.1 Å². The molecule has 10 heteroatoms. The second kappa shape index (κ2) is 8.40. The summed E-state index contributed by atoms with van der Waals surface area (Å²) in [4.78, 5) is 11.0. The number of nitrogens with one attached hydrogen (secondary N) is 3.